The molecule has 264 valence electrons. The van der Waals surface area contributed by atoms with Crippen molar-refractivity contribution in [3.05, 3.63) is 46.5 Å². The van der Waals surface area contributed by atoms with Gasteiger partial charge in [-0.1, -0.05) is 18.9 Å². The third-order valence-electron chi connectivity index (χ3n) is 10.1. The molecular formula is C34H39N7O9. The molecule has 5 heterocycles. The Morgan fingerprint density at radius 3 is 2.74 bits per heavy atom. The highest BCUT2D eigenvalue weighted by molar-refractivity contribution is 6.69. The number of amides is 1. The van der Waals surface area contributed by atoms with E-state index in [0.717, 1.165) is 25.7 Å². The van der Waals surface area contributed by atoms with Crippen LogP contribution in [0.5, 0.6) is 17.2 Å². The molecule has 5 N–H and O–H groups in total. The first-order chi connectivity index (χ1) is 24.1. The highest BCUT2D eigenvalue weighted by atomic mass is 16.6. The molecule has 0 saturated heterocycles. The van der Waals surface area contributed by atoms with Crippen LogP contribution in [0, 0.1) is 5.92 Å². The van der Waals surface area contributed by atoms with Gasteiger partial charge >= 0.3 is 11.9 Å². The summed E-state index contributed by atoms with van der Waals surface area (Å²) in [4.78, 5) is 54.4. The molecule has 50 heavy (non-hydrogen) atoms. The van der Waals surface area contributed by atoms with Gasteiger partial charge in [0, 0.05) is 36.5 Å². The number of benzene rings is 1. The van der Waals surface area contributed by atoms with Gasteiger partial charge in [0.1, 0.15) is 35.6 Å². The quantitative estimate of drug-likeness (QED) is 0.199. The highest BCUT2D eigenvalue weighted by Crippen LogP contribution is 2.55. The summed E-state index contributed by atoms with van der Waals surface area (Å²) in [6.07, 6.45) is 8.68. The number of methoxy groups -OCH3 is 1. The van der Waals surface area contributed by atoms with Gasteiger partial charge in [0.25, 0.3) is 0 Å². The van der Waals surface area contributed by atoms with Crippen molar-refractivity contribution >= 4 is 41.2 Å². The van der Waals surface area contributed by atoms with E-state index < -0.39 is 36.5 Å². The molecule has 1 aromatic rings. The predicted octanol–water partition coefficient (Wildman–Crippen LogP) is 0.852. The Hall–Kier alpha value is -5.22. The Labute approximate surface area is 287 Å². The van der Waals surface area contributed by atoms with E-state index in [1.165, 1.54) is 7.11 Å². The Balaban J connectivity index is 1.31. The number of aliphatic imine (C=N–C) groups is 3. The molecule has 7 rings (SSSR count). The second-order valence-corrected chi connectivity index (χ2v) is 12.9. The number of ether oxygens (including phenoxy) is 4. The fourth-order valence-electron chi connectivity index (χ4n) is 7.62. The van der Waals surface area contributed by atoms with Crippen molar-refractivity contribution in [2.45, 2.75) is 70.6 Å². The van der Waals surface area contributed by atoms with E-state index in [-0.39, 0.29) is 72.3 Å². The van der Waals surface area contributed by atoms with Crippen LogP contribution in [0.4, 0.5) is 0 Å². The van der Waals surface area contributed by atoms with Crippen molar-refractivity contribution in [2.75, 3.05) is 26.9 Å². The number of carbonyl (C=O) groups is 3. The van der Waals surface area contributed by atoms with Crippen molar-refractivity contribution in [1.29, 1.82) is 0 Å². The van der Waals surface area contributed by atoms with Crippen molar-refractivity contribution in [3.8, 4) is 17.2 Å². The van der Waals surface area contributed by atoms with E-state index in [0.29, 0.717) is 34.5 Å². The molecule has 0 radical (unpaired) electrons. The lowest BCUT2D eigenvalue weighted by molar-refractivity contribution is -0.141. The largest absolute Gasteiger partial charge is 0.496 e. The summed E-state index contributed by atoms with van der Waals surface area (Å²) in [6.45, 7) is 3.20. The lowest BCUT2D eigenvalue weighted by Gasteiger charge is -2.35. The molecular weight excluding hydrogens is 650 g/mol. The van der Waals surface area contributed by atoms with E-state index in [2.05, 4.69) is 20.3 Å². The van der Waals surface area contributed by atoms with Crippen LogP contribution in [-0.2, 0) is 32.1 Å². The first-order valence-corrected chi connectivity index (χ1v) is 16.6. The summed E-state index contributed by atoms with van der Waals surface area (Å²) in [7, 11) is 1.48. The number of fused-ring (bicyclic) bond motifs is 3. The fourth-order valence-corrected chi connectivity index (χ4v) is 7.62. The van der Waals surface area contributed by atoms with Crippen LogP contribution in [0.3, 0.4) is 0 Å². The number of rotatable bonds is 10. The van der Waals surface area contributed by atoms with Crippen LogP contribution in [0.25, 0.3) is 5.57 Å². The molecule has 0 bridgehead atoms. The average molecular weight is 690 g/mol. The molecule has 1 amide bonds. The van der Waals surface area contributed by atoms with E-state index in [4.69, 9.17) is 24.7 Å². The Morgan fingerprint density at radius 2 is 2.04 bits per heavy atom. The molecule has 5 aliphatic heterocycles. The molecule has 16 nitrogen and oxygen atoms in total. The second kappa shape index (κ2) is 12.9. The average Bonchev–Trinajstić information content (AvgIpc) is 3.92. The first-order valence-electron chi connectivity index (χ1n) is 16.6. The number of allylic oxidation sites excluding steroid dienone is 2. The maximum atomic E-state index is 13.3. The Morgan fingerprint density at radius 1 is 1.26 bits per heavy atom. The highest BCUT2D eigenvalue weighted by Gasteiger charge is 2.48. The summed E-state index contributed by atoms with van der Waals surface area (Å²) in [6, 6.07) is 0. The van der Waals surface area contributed by atoms with Crippen molar-refractivity contribution in [1.82, 2.24) is 15.1 Å². The van der Waals surface area contributed by atoms with Gasteiger partial charge in [-0.2, -0.15) is 9.98 Å². The number of guanidine groups is 1. The zero-order valence-corrected chi connectivity index (χ0v) is 28.0. The third kappa shape index (κ3) is 5.29. The first kappa shape index (κ1) is 33.3. The minimum Gasteiger partial charge on any atom is -0.496 e. The number of amidine groups is 1. The Kier molecular flexibility index (Phi) is 8.59. The molecule has 0 spiro atoms. The fraction of sp³-hybridized carbons (Fsp3) is 0.471. The van der Waals surface area contributed by atoms with E-state index in [9.17, 15) is 24.6 Å². The van der Waals surface area contributed by atoms with Crippen LogP contribution < -0.4 is 25.3 Å². The summed E-state index contributed by atoms with van der Waals surface area (Å²) in [5.74, 6) is -0.906. The zero-order valence-electron chi connectivity index (χ0n) is 28.0. The van der Waals surface area contributed by atoms with Gasteiger partial charge in [0.05, 0.1) is 37.0 Å². The number of hydrogen-bond acceptors (Lipinski definition) is 15. The number of aliphatic hydroxyl groups is 2. The van der Waals surface area contributed by atoms with Crippen molar-refractivity contribution in [2.24, 2.45) is 26.6 Å². The summed E-state index contributed by atoms with van der Waals surface area (Å²) in [5.41, 5.74) is 6.17. The second-order valence-electron chi connectivity index (χ2n) is 12.9. The topological polar surface area (TPSA) is 210 Å². The van der Waals surface area contributed by atoms with Gasteiger partial charge in [0.2, 0.25) is 11.7 Å². The number of carbonyl (C=O) groups excluding carboxylic acids is 3. The molecule has 16 heteroatoms. The predicted molar refractivity (Wildman–Crippen MR) is 179 cm³/mol. The number of aldehydes is 1. The molecule has 6 aliphatic rings. The van der Waals surface area contributed by atoms with Gasteiger partial charge in [-0.15, -0.1) is 0 Å². The van der Waals surface area contributed by atoms with Crippen LogP contribution in [0.2, 0.25) is 0 Å². The van der Waals surface area contributed by atoms with Gasteiger partial charge in [-0.25, -0.2) is 4.79 Å². The van der Waals surface area contributed by atoms with Gasteiger partial charge in [0.15, 0.2) is 24.1 Å². The maximum Gasteiger partial charge on any atom is 0.375 e. The molecule has 1 saturated carbocycles. The molecule has 1 aliphatic carbocycles. The zero-order chi connectivity index (χ0) is 35.3. The van der Waals surface area contributed by atoms with Crippen molar-refractivity contribution in [3.63, 3.8) is 0 Å². The van der Waals surface area contributed by atoms with E-state index in [1.54, 1.807) is 37.2 Å². The molecule has 3 unspecified atom stereocenters. The van der Waals surface area contributed by atoms with E-state index >= 15 is 0 Å². The van der Waals surface area contributed by atoms with Gasteiger partial charge in [-0.05, 0) is 32.6 Å². The summed E-state index contributed by atoms with van der Waals surface area (Å²) >= 11 is 0. The van der Waals surface area contributed by atoms with E-state index in [1.807, 2.05) is 4.90 Å². The molecule has 1 aromatic carbocycles. The van der Waals surface area contributed by atoms with Crippen LogP contribution in [-0.4, -0.2) is 101 Å². The standard InChI is InChI=1S/C34H39N7O9/c1-4-48-31(45)28-20(14-42)18(9-11-40-12-10-36-33(40)41-16-37-24-29(41)38-32(35)39-30(24)44)23-26(47-3)19-13-22(34(2,46)17-7-5-6-8-17)49-25(19)21(15-43)27(23)50-28/h9-10,12,14,17,22,33,36,43,46H,4-8,11,13,15-16H2,1-3H3,(H2,35,39,44). The summed E-state index contributed by atoms with van der Waals surface area (Å²) < 4.78 is 23.9. The van der Waals surface area contributed by atoms with Gasteiger partial charge in [-0.3, -0.25) is 19.5 Å². The minimum atomic E-state index is -1.16. The van der Waals surface area contributed by atoms with Crippen LogP contribution >= 0.6 is 0 Å². The number of hydrogen-bond donors (Lipinski definition) is 4. The smallest absolute Gasteiger partial charge is 0.375 e. The SMILES string of the molecule is CCOC(=O)C1=C(C=O)C(=CCN2C=CNC2N2CN=C3C(=O)N=C(N)N=C32)c2c(OC)c3c(c(CO)c2O1)OC(C(C)(O)C1CCCC1)C3. The normalized spacial score (nSPS) is 24.5. The number of nitrogens with zero attached hydrogens (tertiary/aromatic N) is 5. The third-order valence-corrected chi connectivity index (χ3v) is 10.1. The van der Waals surface area contributed by atoms with Crippen molar-refractivity contribution < 1.29 is 43.5 Å². The molecule has 1 fully saturated rings. The Bertz CT molecular complexity index is 1840. The number of esters is 1. The van der Waals surface area contributed by atoms with Gasteiger partial charge < -0.3 is 45.1 Å². The number of nitrogens with two attached hydrogens (primary N) is 1. The number of nitrogens with one attached hydrogen (secondary N) is 1. The minimum absolute atomic E-state index is 0.0264. The lowest BCUT2D eigenvalue weighted by atomic mass is 9.81. The lowest BCUT2D eigenvalue weighted by Crippen LogP contribution is -2.53. The molecule has 0 aromatic heterocycles. The number of aliphatic hydroxyl groups excluding tert-OH is 1. The summed E-state index contributed by atoms with van der Waals surface area (Å²) in [5, 5.41) is 25.7. The van der Waals surface area contributed by atoms with Crippen LogP contribution in [0.1, 0.15) is 56.2 Å². The van der Waals surface area contributed by atoms with Crippen LogP contribution in [0.15, 0.2) is 44.8 Å². The molecule has 3 atom stereocenters. The monoisotopic (exact) mass is 689 g/mol. The maximum absolute atomic E-state index is 13.3.